The molecule has 6 heteroatoms. The molecule has 12 heavy (non-hydrogen) atoms. The van der Waals surface area contributed by atoms with Crippen LogP contribution in [0.15, 0.2) is 0 Å². The highest BCUT2D eigenvalue weighted by atomic mass is 31.2. The highest BCUT2D eigenvalue weighted by Gasteiger charge is 2.52. The van der Waals surface area contributed by atoms with Gasteiger partial charge in [-0.1, -0.05) is 6.92 Å². The van der Waals surface area contributed by atoms with Crippen molar-refractivity contribution < 1.29 is 24.2 Å². The second-order valence-corrected chi connectivity index (χ2v) is 4.85. The fourth-order valence-corrected chi connectivity index (χ4v) is 1.56. The number of hydrogen-bond donors (Lipinski definition) is 3. The summed E-state index contributed by atoms with van der Waals surface area (Å²) in [6, 6.07) is 0. The van der Waals surface area contributed by atoms with Crippen molar-refractivity contribution in [3.05, 3.63) is 0 Å². The third kappa shape index (κ3) is 2.28. The molecule has 5 nitrogen and oxygen atoms in total. The Morgan fingerprint density at radius 3 is 2.42 bits per heavy atom. The van der Waals surface area contributed by atoms with Gasteiger partial charge in [-0.05, 0) is 12.3 Å². The van der Waals surface area contributed by atoms with E-state index in [2.05, 4.69) is 0 Å². The molecule has 0 unspecified atom stereocenters. The van der Waals surface area contributed by atoms with E-state index in [1.165, 1.54) is 0 Å². The maximum absolute atomic E-state index is 10.4. The van der Waals surface area contributed by atoms with Gasteiger partial charge in [0.15, 0.2) is 0 Å². The second-order valence-electron chi connectivity index (χ2n) is 3.27. The summed E-state index contributed by atoms with van der Waals surface area (Å²) < 4.78 is 15.4. The van der Waals surface area contributed by atoms with Crippen molar-refractivity contribution in [3.8, 4) is 0 Å². The molecule has 0 heterocycles. The lowest BCUT2D eigenvalue weighted by Gasteiger charge is -2.14. The Balaban J connectivity index is 2.37. The van der Waals surface area contributed by atoms with Gasteiger partial charge in [0, 0.05) is 0 Å². The van der Waals surface area contributed by atoms with E-state index in [4.69, 9.17) is 19.6 Å². The Bertz CT molecular complexity index is 208. The molecule has 72 valence electrons. The Labute approximate surface area is 70.5 Å². The van der Waals surface area contributed by atoms with Gasteiger partial charge in [-0.15, -0.1) is 0 Å². The molecule has 1 aliphatic rings. The van der Waals surface area contributed by atoms with Gasteiger partial charge in [0.25, 0.3) is 0 Å². The molecule has 1 rings (SSSR count). The summed E-state index contributed by atoms with van der Waals surface area (Å²) in [5.74, 6) is 0.189. The SMILES string of the molecule is C[C@H]1C[C@]1(CO)OCP(=O)(O)O. The van der Waals surface area contributed by atoms with Crippen LogP contribution in [0.4, 0.5) is 0 Å². The molecule has 3 N–H and O–H groups in total. The minimum atomic E-state index is -4.10. The van der Waals surface area contributed by atoms with Crippen LogP contribution < -0.4 is 0 Å². The van der Waals surface area contributed by atoms with Crippen molar-refractivity contribution in [2.75, 3.05) is 13.0 Å². The lowest BCUT2D eigenvalue weighted by atomic mass is 10.3. The Kier molecular flexibility index (Phi) is 2.61. The average Bonchev–Trinajstić information content (AvgIpc) is 2.57. The summed E-state index contributed by atoms with van der Waals surface area (Å²) in [5, 5.41) is 8.85. The summed E-state index contributed by atoms with van der Waals surface area (Å²) in [5.41, 5.74) is -0.679. The smallest absolute Gasteiger partial charge is 0.351 e. The maximum atomic E-state index is 10.4. The molecule has 0 bridgehead atoms. The van der Waals surface area contributed by atoms with Gasteiger partial charge in [0.1, 0.15) is 6.35 Å². The Morgan fingerprint density at radius 1 is 1.67 bits per heavy atom. The second kappa shape index (κ2) is 3.09. The van der Waals surface area contributed by atoms with Crippen LogP contribution >= 0.6 is 7.60 Å². The lowest BCUT2D eigenvalue weighted by molar-refractivity contribution is 0.000104. The summed E-state index contributed by atoms with van der Waals surface area (Å²) in [6.45, 7) is 1.70. The van der Waals surface area contributed by atoms with Crippen LogP contribution in [0.5, 0.6) is 0 Å². The first kappa shape index (κ1) is 10.2. The maximum Gasteiger partial charge on any atom is 0.351 e. The van der Waals surface area contributed by atoms with E-state index < -0.39 is 19.5 Å². The molecular weight excluding hydrogens is 183 g/mol. The van der Waals surface area contributed by atoms with Gasteiger partial charge in [0.05, 0.1) is 12.2 Å². The zero-order valence-electron chi connectivity index (χ0n) is 6.80. The third-order valence-corrected chi connectivity index (χ3v) is 2.64. The first-order valence-electron chi connectivity index (χ1n) is 3.69. The lowest BCUT2D eigenvalue weighted by Crippen LogP contribution is -2.22. The van der Waals surface area contributed by atoms with Gasteiger partial charge >= 0.3 is 7.60 Å². The topological polar surface area (TPSA) is 87.0 Å². The van der Waals surface area contributed by atoms with Gasteiger partial charge in [-0.3, -0.25) is 4.57 Å². The zero-order valence-corrected chi connectivity index (χ0v) is 7.70. The first-order chi connectivity index (χ1) is 5.40. The molecule has 0 saturated heterocycles. The fourth-order valence-electron chi connectivity index (χ4n) is 1.14. The third-order valence-electron chi connectivity index (χ3n) is 2.18. The molecule has 0 aliphatic heterocycles. The first-order valence-corrected chi connectivity index (χ1v) is 5.49. The van der Waals surface area contributed by atoms with Crippen LogP contribution in [-0.4, -0.2) is 33.4 Å². The molecule has 0 aromatic carbocycles. The van der Waals surface area contributed by atoms with Gasteiger partial charge in [-0.2, -0.15) is 0 Å². The van der Waals surface area contributed by atoms with E-state index in [0.29, 0.717) is 6.42 Å². The summed E-state index contributed by atoms with van der Waals surface area (Å²) in [6.07, 6.45) is 0.0708. The number of aliphatic hydroxyl groups excluding tert-OH is 1. The van der Waals surface area contributed by atoms with Gasteiger partial charge in [0.2, 0.25) is 0 Å². The van der Waals surface area contributed by atoms with Crippen molar-refractivity contribution in [1.29, 1.82) is 0 Å². The van der Waals surface area contributed by atoms with Crippen molar-refractivity contribution in [2.24, 2.45) is 5.92 Å². The Morgan fingerprint density at radius 2 is 2.17 bits per heavy atom. The molecule has 0 aromatic heterocycles. The van der Waals surface area contributed by atoms with E-state index in [9.17, 15) is 4.57 Å². The monoisotopic (exact) mass is 196 g/mol. The van der Waals surface area contributed by atoms with Gasteiger partial charge < -0.3 is 19.6 Å². The predicted molar refractivity (Wildman–Crippen MR) is 41.6 cm³/mol. The molecule has 0 amide bonds. The van der Waals surface area contributed by atoms with E-state index in [1.54, 1.807) is 0 Å². The molecule has 1 fully saturated rings. The van der Waals surface area contributed by atoms with Gasteiger partial charge in [-0.25, -0.2) is 0 Å². The summed E-state index contributed by atoms with van der Waals surface area (Å²) in [7, 11) is -4.10. The molecule has 1 saturated carbocycles. The normalized spacial score (nSPS) is 35.2. The summed E-state index contributed by atoms with van der Waals surface area (Å²) >= 11 is 0. The van der Waals surface area contributed by atoms with E-state index in [0.717, 1.165) is 0 Å². The minimum Gasteiger partial charge on any atom is -0.393 e. The van der Waals surface area contributed by atoms with E-state index in [1.807, 2.05) is 6.92 Å². The molecule has 0 radical (unpaired) electrons. The van der Waals surface area contributed by atoms with Crippen LogP contribution in [0.1, 0.15) is 13.3 Å². The fraction of sp³-hybridized carbons (Fsp3) is 1.00. The van der Waals surface area contributed by atoms with Crippen LogP contribution in [-0.2, 0) is 9.30 Å². The van der Waals surface area contributed by atoms with Crippen molar-refractivity contribution in [2.45, 2.75) is 18.9 Å². The summed E-state index contributed by atoms with van der Waals surface area (Å²) in [4.78, 5) is 17.0. The molecule has 0 aromatic rings. The number of ether oxygens (including phenoxy) is 1. The number of hydrogen-bond acceptors (Lipinski definition) is 3. The minimum absolute atomic E-state index is 0.172. The zero-order chi connectivity index (χ0) is 9.41. The van der Waals surface area contributed by atoms with Crippen molar-refractivity contribution in [1.82, 2.24) is 0 Å². The standard InChI is InChI=1S/C6H13O5P/c1-5-2-6(5,3-7)11-4-12(8,9)10/h5,7H,2-4H2,1H3,(H2,8,9,10)/t5-,6+/m0/s1. The van der Waals surface area contributed by atoms with Crippen LogP contribution in [0.2, 0.25) is 0 Å². The number of aliphatic hydroxyl groups is 1. The van der Waals surface area contributed by atoms with E-state index >= 15 is 0 Å². The molecular formula is C6H13O5P. The predicted octanol–water partition coefficient (Wildman–Crippen LogP) is -0.0909. The molecule has 1 aliphatic carbocycles. The van der Waals surface area contributed by atoms with Crippen LogP contribution in [0.3, 0.4) is 0 Å². The van der Waals surface area contributed by atoms with Crippen LogP contribution in [0.25, 0.3) is 0 Å². The quantitative estimate of drug-likeness (QED) is 0.547. The Hall–Kier alpha value is 0.0700. The average molecular weight is 196 g/mol. The van der Waals surface area contributed by atoms with Crippen molar-refractivity contribution >= 4 is 7.60 Å². The highest BCUT2D eigenvalue weighted by Crippen LogP contribution is 2.49. The molecule has 0 spiro atoms. The number of rotatable bonds is 4. The van der Waals surface area contributed by atoms with E-state index in [-0.39, 0.29) is 12.5 Å². The highest BCUT2D eigenvalue weighted by molar-refractivity contribution is 7.51. The largest absolute Gasteiger partial charge is 0.393 e. The molecule has 2 atom stereocenters. The van der Waals surface area contributed by atoms with Crippen LogP contribution in [0, 0.1) is 5.92 Å². The van der Waals surface area contributed by atoms with Crippen molar-refractivity contribution in [3.63, 3.8) is 0 Å².